The van der Waals surface area contributed by atoms with Gasteiger partial charge in [0.15, 0.2) is 5.13 Å². The number of rotatable bonds is 6. The molecule has 2 heterocycles. The minimum atomic E-state index is -0.365. The Balaban J connectivity index is 1.41. The van der Waals surface area contributed by atoms with Gasteiger partial charge in [-0.25, -0.2) is 4.98 Å². The summed E-state index contributed by atoms with van der Waals surface area (Å²) >= 11 is 1.38. The van der Waals surface area contributed by atoms with Crippen molar-refractivity contribution in [2.45, 2.75) is 20.3 Å². The zero-order valence-corrected chi connectivity index (χ0v) is 18.2. The van der Waals surface area contributed by atoms with E-state index in [1.807, 2.05) is 32.0 Å². The first-order valence-electron chi connectivity index (χ1n) is 9.76. The van der Waals surface area contributed by atoms with E-state index < -0.39 is 0 Å². The number of carbonyl (C=O) groups excluding carboxylic acids is 3. The number of imide groups is 1. The summed E-state index contributed by atoms with van der Waals surface area (Å²) in [5.74, 6) is -0.229. The number of anilines is 1. The molecule has 0 spiro atoms. The lowest BCUT2D eigenvalue weighted by Crippen LogP contribution is -2.32. The predicted molar refractivity (Wildman–Crippen MR) is 119 cm³/mol. The Labute approximate surface area is 183 Å². The molecule has 1 aliphatic rings. The van der Waals surface area contributed by atoms with E-state index in [4.69, 9.17) is 4.74 Å². The third-order valence-corrected chi connectivity index (χ3v) is 6.04. The van der Waals surface area contributed by atoms with Gasteiger partial charge in [0.25, 0.3) is 11.8 Å². The highest BCUT2D eigenvalue weighted by atomic mass is 32.1. The van der Waals surface area contributed by atoms with Gasteiger partial charge in [-0.1, -0.05) is 12.1 Å². The van der Waals surface area contributed by atoms with Crippen LogP contribution in [0, 0.1) is 13.8 Å². The van der Waals surface area contributed by atoms with Gasteiger partial charge in [0, 0.05) is 23.4 Å². The van der Waals surface area contributed by atoms with E-state index in [2.05, 4.69) is 10.3 Å². The fourth-order valence-corrected chi connectivity index (χ4v) is 4.43. The number of ether oxygens (including phenoxy) is 1. The van der Waals surface area contributed by atoms with Gasteiger partial charge in [-0.2, -0.15) is 0 Å². The molecular weight excluding hydrogens is 414 g/mol. The Morgan fingerprint density at radius 2 is 1.77 bits per heavy atom. The normalized spacial score (nSPS) is 12.8. The number of aryl methyl sites for hydroxylation is 2. The molecule has 0 saturated carbocycles. The molecule has 0 aliphatic carbocycles. The lowest BCUT2D eigenvalue weighted by atomic mass is 10.1. The fourth-order valence-electron chi connectivity index (χ4n) is 3.58. The summed E-state index contributed by atoms with van der Waals surface area (Å²) in [6.45, 7) is 3.93. The fraction of sp³-hybridized carbons (Fsp3) is 0.217. The van der Waals surface area contributed by atoms with Crippen LogP contribution in [-0.4, -0.2) is 41.3 Å². The van der Waals surface area contributed by atoms with Crippen LogP contribution in [0.25, 0.3) is 11.3 Å². The number of aromatic nitrogens is 1. The van der Waals surface area contributed by atoms with E-state index in [0.717, 1.165) is 32.3 Å². The second kappa shape index (κ2) is 8.31. The third kappa shape index (κ3) is 3.94. The molecular formula is C23H21N3O4S. The molecule has 1 N–H and O–H groups in total. The van der Waals surface area contributed by atoms with Crippen LogP contribution in [0.5, 0.6) is 5.75 Å². The molecule has 0 unspecified atom stereocenters. The maximum absolute atomic E-state index is 12.4. The van der Waals surface area contributed by atoms with E-state index in [-0.39, 0.29) is 30.7 Å². The van der Waals surface area contributed by atoms with Crippen LogP contribution in [0.15, 0.2) is 42.5 Å². The Hall–Kier alpha value is -3.52. The second-order valence-corrected chi connectivity index (χ2v) is 8.42. The number of hydrogen-bond donors (Lipinski definition) is 1. The summed E-state index contributed by atoms with van der Waals surface area (Å²) in [7, 11) is 1.63. The average molecular weight is 436 g/mol. The monoisotopic (exact) mass is 435 g/mol. The molecule has 1 aliphatic heterocycles. The molecule has 7 nitrogen and oxygen atoms in total. The highest BCUT2D eigenvalue weighted by molar-refractivity contribution is 7.16. The maximum atomic E-state index is 12.4. The Kier molecular flexibility index (Phi) is 5.56. The van der Waals surface area contributed by atoms with Crippen molar-refractivity contribution in [1.82, 2.24) is 9.88 Å². The zero-order chi connectivity index (χ0) is 22.1. The van der Waals surface area contributed by atoms with Gasteiger partial charge in [-0.3, -0.25) is 19.3 Å². The molecule has 0 saturated heterocycles. The molecule has 1 aromatic heterocycles. The number of nitrogens with one attached hydrogen (secondary N) is 1. The van der Waals surface area contributed by atoms with Crippen LogP contribution in [-0.2, 0) is 4.79 Å². The van der Waals surface area contributed by atoms with Crippen LogP contribution in [0.4, 0.5) is 5.13 Å². The van der Waals surface area contributed by atoms with Crippen LogP contribution >= 0.6 is 11.3 Å². The van der Waals surface area contributed by atoms with Crippen molar-refractivity contribution < 1.29 is 19.1 Å². The summed E-state index contributed by atoms with van der Waals surface area (Å²) < 4.78 is 5.30. The first-order valence-corrected chi connectivity index (χ1v) is 10.6. The lowest BCUT2D eigenvalue weighted by Gasteiger charge is -2.12. The molecule has 4 rings (SSSR count). The highest BCUT2D eigenvalue weighted by Crippen LogP contribution is 2.33. The van der Waals surface area contributed by atoms with E-state index in [0.29, 0.717) is 16.3 Å². The first-order chi connectivity index (χ1) is 14.9. The number of fused-ring (bicyclic) bond motifs is 1. The quantitative estimate of drug-likeness (QED) is 0.590. The predicted octanol–water partition coefficient (Wildman–Crippen LogP) is 4.06. The molecule has 3 aromatic rings. The molecule has 0 fully saturated rings. The summed E-state index contributed by atoms with van der Waals surface area (Å²) in [6, 6.07) is 12.5. The van der Waals surface area contributed by atoms with Crippen molar-refractivity contribution in [3.8, 4) is 17.0 Å². The van der Waals surface area contributed by atoms with Gasteiger partial charge in [-0.15, -0.1) is 11.3 Å². The van der Waals surface area contributed by atoms with Crippen LogP contribution in [0.1, 0.15) is 37.6 Å². The number of benzene rings is 2. The van der Waals surface area contributed by atoms with E-state index in [1.54, 1.807) is 31.4 Å². The smallest absolute Gasteiger partial charge is 0.261 e. The van der Waals surface area contributed by atoms with Crippen molar-refractivity contribution in [1.29, 1.82) is 0 Å². The van der Waals surface area contributed by atoms with Crippen molar-refractivity contribution in [3.05, 3.63) is 64.0 Å². The van der Waals surface area contributed by atoms with Gasteiger partial charge in [-0.05, 0) is 49.7 Å². The van der Waals surface area contributed by atoms with Gasteiger partial charge in [0.05, 0.1) is 23.9 Å². The molecule has 3 amide bonds. The Morgan fingerprint density at radius 3 is 2.39 bits per heavy atom. The number of carbonyl (C=O) groups is 3. The number of nitrogens with zero attached hydrogens (tertiary/aromatic N) is 2. The molecule has 0 atom stereocenters. The number of methoxy groups -OCH3 is 1. The summed E-state index contributed by atoms with van der Waals surface area (Å²) in [4.78, 5) is 43.9. The molecule has 2 aromatic carbocycles. The van der Waals surface area contributed by atoms with Gasteiger partial charge in [0.2, 0.25) is 5.91 Å². The average Bonchev–Trinajstić information content (AvgIpc) is 3.23. The largest absolute Gasteiger partial charge is 0.496 e. The summed E-state index contributed by atoms with van der Waals surface area (Å²) in [5.41, 5.74) is 3.50. The van der Waals surface area contributed by atoms with Crippen LogP contribution in [0.2, 0.25) is 0 Å². The van der Waals surface area contributed by atoms with E-state index in [9.17, 15) is 14.4 Å². The molecule has 0 radical (unpaired) electrons. The number of amides is 3. The Morgan fingerprint density at radius 1 is 1.10 bits per heavy atom. The van der Waals surface area contributed by atoms with E-state index in [1.165, 1.54) is 11.3 Å². The maximum Gasteiger partial charge on any atom is 0.261 e. The topological polar surface area (TPSA) is 88.6 Å². The van der Waals surface area contributed by atoms with Crippen molar-refractivity contribution in [3.63, 3.8) is 0 Å². The molecule has 8 heteroatoms. The van der Waals surface area contributed by atoms with Gasteiger partial charge in [0.1, 0.15) is 5.75 Å². The Bertz CT molecular complexity index is 1170. The van der Waals surface area contributed by atoms with Gasteiger partial charge < -0.3 is 10.1 Å². The third-order valence-electron chi connectivity index (χ3n) is 5.15. The zero-order valence-electron chi connectivity index (χ0n) is 17.4. The molecule has 0 bridgehead atoms. The van der Waals surface area contributed by atoms with Crippen LogP contribution in [0.3, 0.4) is 0 Å². The molecule has 158 valence electrons. The molecule has 31 heavy (non-hydrogen) atoms. The number of hydrogen-bond acceptors (Lipinski definition) is 6. The lowest BCUT2D eigenvalue weighted by molar-refractivity contribution is -0.116. The SMILES string of the molecule is COc1ccc(-c2nc(NC(=O)CCN3C(=O)c4ccccc4C3=O)sc2C)cc1C. The minimum Gasteiger partial charge on any atom is -0.496 e. The van der Waals surface area contributed by atoms with Gasteiger partial charge >= 0.3 is 0 Å². The van der Waals surface area contributed by atoms with Crippen molar-refractivity contribution in [2.75, 3.05) is 19.0 Å². The number of thiazole rings is 1. The first kappa shape index (κ1) is 20.7. The van der Waals surface area contributed by atoms with Crippen molar-refractivity contribution in [2.24, 2.45) is 0 Å². The second-order valence-electron chi connectivity index (χ2n) is 7.21. The minimum absolute atomic E-state index is 0.00106. The van der Waals surface area contributed by atoms with Crippen molar-refractivity contribution >= 4 is 34.2 Å². The van der Waals surface area contributed by atoms with E-state index >= 15 is 0 Å². The standard InChI is InChI=1S/C23H21N3O4S/c1-13-12-15(8-9-18(13)30-3)20-14(2)31-23(25-20)24-19(27)10-11-26-21(28)16-6-4-5-7-17(16)22(26)29/h4-9,12H,10-11H2,1-3H3,(H,24,25,27). The highest BCUT2D eigenvalue weighted by Gasteiger charge is 2.35. The van der Waals surface area contributed by atoms with Crippen LogP contribution < -0.4 is 10.1 Å². The summed E-state index contributed by atoms with van der Waals surface area (Å²) in [6.07, 6.45) is 0.00106. The summed E-state index contributed by atoms with van der Waals surface area (Å²) in [5, 5.41) is 3.26.